The summed E-state index contributed by atoms with van der Waals surface area (Å²) in [7, 11) is 0. The Morgan fingerprint density at radius 2 is 1.54 bits per heavy atom. The molecule has 0 radical (unpaired) electrons. The monoisotopic (exact) mass is 453 g/mol. The Bertz CT molecular complexity index is 1660. The molecule has 1 N–H and O–H groups in total. The maximum atomic E-state index is 14.1. The molecule has 0 aliphatic rings. The molecule has 0 atom stereocenters. The van der Waals surface area contributed by atoms with Crippen LogP contribution in [0.3, 0.4) is 0 Å². The Labute approximate surface area is 203 Å². The first kappa shape index (κ1) is 20.9. The molecule has 0 aliphatic heterocycles. The maximum Gasteiger partial charge on any atom is 0.195 e. The largest absolute Gasteiger partial charge is 0.331 e. The van der Waals surface area contributed by atoms with E-state index in [1.165, 1.54) is 0 Å². The van der Waals surface area contributed by atoms with Crippen LogP contribution in [0.25, 0.3) is 38.8 Å². The standard InChI is InChI=1S/C31H23N3O/c1-21-30(31(35)25-14-7-13-24(17-25)22-9-3-2-4-10-22)28(19-34(21)29-18-32-20-33-29)27-16-8-12-23-11-5-6-15-26(23)27/h2-20H,1H3,(H,32,33). The molecule has 0 fully saturated rings. The van der Waals surface area contributed by atoms with Crippen LogP contribution in [0.2, 0.25) is 0 Å². The third kappa shape index (κ3) is 3.65. The van der Waals surface area contributed by atoms with E-state index in [2.05, 4.69) is 46.4 Å². The first-order valence-corrected chi connectivity index (χ1v) is 11.6. The fraction of sp³-hybridized carbons (Fsp3) is 0.0323. The van der Waals surface area contributed by atoms with Gasteiger partial charge in [0, 0.05) is 23.0 Å². The van der Waals surface area contributed by atoms with Crippen molar-refractivity contribution in [1.29, 1.82) is 0 Å². The second kappa shape index (κ2) is 8.58. The van der Waals surface area contributed by atoms with Crippen LogP contribution in [0.5, 0.6) is 0 Å². The van der Waals surface area contributed by atoms with E-state index >= 15 is 0 Å². The maximum absolute atomic E-state index is 14.1. The molecule has 168 valence electrons. The van der Waals surface area contributed by atoms with Crippen LogP contribution in [0.1, 0.15) is 21.6 Å². The van der Waals surface area contributed by atoms with Gasteiger partial charge in [-0.2, -0.15) is 0 Å². The summed E-state index contributed by atoms with van der Waals surface area (Å²) >= 11 is 0. The number of hydrogen-bond donors (Lipinski definition) is 1. The number of carbonyl (C=O) groups excluding carboxylic acids is 1. The van der Waals surface area contributed by atoms with Gasteiger partial charge in [0.15, 0.2) is 5.78 Å². The number of hydrogen-bond acceptors (Lipinski definition) is 2. The Morgan fingerprint density at radius 3 is 2.37 bits per heavy atom. The molecule has 6 aromatic rings. The Balaban J connectivity index is 1.56. The summed E-state index contributed by atoms with van der Waals surface area (Å²) in [5.41, 5.74) is 6.28. The minimum atomic E-state index is 0.00137. The highest BCUT2D eigenvalue weighted by atomic mass is 16.1. The average Bonchev–Trinajstić information content (AvgIpc) is 3.56. The summed E-state index contributed by atoms with van der Waals surface area (Å²) < 4.78 is 2.01. The van der Waals surface area contributed by atoms with Crippen LogP contribution >= 0.6 is 0 Å². The Hall–Kier alpha value is -4.70. The van der Waals surface area contributed by atoms with Gasteiger partial charge in [-0.3, -0.25) is 4.79 Å². The van der Waals surface area contributed by atoms with Gasteiger partial charge in [-0.15, -0.1) is 0 Å². The van der Waals surface area contributed by atoms with E-state index in [-0.39, 0.29) is 5.78 Å². The van der Waals surface area contributed by atoms with Crippen molar-refractivity contribution in [2.75, 3.05) is 0 Å². The van der Waals surface area contributed by atoms with Crippen LogP contribution in [-0.2, 0) is 0 Å². The summed E-state index contributed by atoms with van der Waals surface area (Å²) in [6, 6.07) is 32.5. The van der Waals surface area contributed by atoms with E-state index in [9.17, 15) is 4.79 Å². The molecule has 0 bridgehead atoms. The number of ketones is 1. The van der Waals surface area contributed by atoms with Gasteiger partial charge >= 0.3 is 0 Å². The number of imidazole rings is 1. The number of H-pyrrole nitrogens is 1. The van der Waals surface area contributed by atoms with Gasteiger partial charge in [0.2, 0.25) is 0 Å². The van der Waals surface area contributed by atoms with Crippen LogP contribution in [0.15, 0.2) is 116 Å². The topological polar surface area (TPSA) is 50.7 Å². The van der Waals surface area contributed by atoms with Crippen LogP contribution < -0.4 is 0 Å². The van der Waals surface area contributed by atoms with Crippen LogP contribution in [0, 0.1) is 6.92 Å². The molecule has 2 heterocycles. The van der Waals surface area contributed by atoms with Crippen molar-refractivity contribution < 1.29 is 4.79 Å². The highest BCUT2D eigenvalue weighted by molar-refractivity contribution is 6.16. The number of rotatable bonds is 5. The van der Waals surface area contributed by atoms with Crippen molar-refractivity contribution >= 4 is 16.6 Å². The van der Waals surface area contributed by atoms with E-state index in [4.69, 9.17) is 0 Å². The predicted molar refractivity (Wildman–Crippen MR) is 141 cm³/mol. The van der Waals surface area contributed by atoms with Crippen LogP contribution in [-0.4, -0.2) is 20.3 Å². The van der Waals surface area contributed by atoms with Crippen molar-refractivity contribution in [1.82, 2.24) is 14.5 Å². The van der Waals surface area contributed by atoms with Crippen LogP contribution in [0.4, 0.5) is 0 Å². The smallest absolute Gasteiger partial charge is 0.195 e. The van der Waals surface area contributed by atoms with Crippen molar-refractivity contribution in [2.24, 2.45) is 0 Å². The fourth-order valence-corrected chi connectivity index (χ4v) is 4.80. The molecule has 35 heavy (non-hydrogen) atoms. The minimum absolute atomic E-state index is 0.00137. The lowest BCUT2D eigenvalue weighted by Gasteiger charge is -2.10. The van der Waals surface area contributed by atoms with E-state index in [1.807, 2.05) is 78.4 Å². The summed E-state index contributed by atoms with van der Waals surface area (Å²) in [4.78, 5) is 21.5. The second-order valence-electron chi connectivity index (χ2n) is 8.61. The number of aromatic nitrogens is 3. The van der Waals surface area contributed by atoms with Gasteiger partial charge in [0.05, 0.1) is 18.1 Å². The average molecular weight is 454 g/mol. The molecule has 6 rings (SSSR count). The molecule has 4 nitrogen and oxygen atoms in total. The molecular formula is C31H23N3O. The van der Waals surface area contributed by atoms with Gasteiger partial charge in [-0.05, 0) is 40.5 Å². The molecule has 0 saturated heterocycles. The molecule has 2 aromatic heterocycles. The van der Waals surface area contributed by atoms with Crippen molar-refractivity contribution in [2.45, 2.75) is 6.92 Å². The second-order valence-corrected chi connectivity index (χ2v) is 8.61. The predicted octanol–water partition coefficient (Wildman–Crippen LogP) is 7.23. The summed E-state index contributed by atoms with van der Waals surface area (Å²) in [5.74, 6) is 0.822. The summed E-state index contributed by atoms with van der Waals surface area (Å²) in [6.45, 7) is 1.99. The van der Waals surface area contributed by atoms with Gasteiger partial charge in [-0.1, -0.05) is 91.0 Å². The van der Waals surface area contributed by atoms with Gasteiger partial charge in [-0.25, -0.2) is 4.98 Å². The number of carbonyl (C=O) groups is 1. The fourth-order valence-electron chi connectivity index (χ4n) is 4.80. The molecule has 4 heteroatoms. The molecule has 0 aliphatic carbocycles. The lowest BCUT2D eigenvalue weighted by molar-refractivity contribution is 0.103. The van der Waals surface area contributed by atoms with E-state index in [0.717, 1.165) is 44.5 Å². The zero-order valence-corrected chi connectivity index (χ0v) is 19.3. The Kier molecular flexibility index (Phi) is 5.12. The minimum Gasteiger partial charge on any atom is -0.331 e. The quantitative estimate of drug-likeness (QED) is 0.280. The lowest BCUT2D eigenvalue weighted by atomic mass is 9.92. The summed E-state index contributed by atoms with van der Waals surface area (Å²) in [6.07, 6.45) is 5.46. The molecule has 4 aromatic carbocycles. The Morgan fingerprint density at radius 1 is 0.800 bits per heavy atom. The van der Waals surface area contributed by atoms with Gasteiger partial charge < -0.3 is 9.55 Å². The number of nitrogens with zero attached hydrogens (tertiary/aromatic N) is 2. The molecule has 0 unspecified atom stereocenters. The highest BCUT2D eigenvalue weighted by Crippen LogP contribution is 2.36. The summed E-state index contributed by atoms with van der Waals surface area (Å²) in [5, 5.41) is 2.25. The first-order chi connectivity index (χ1) is 17.2. The zero-order chi connectivity index (χ0) is 23.8. The third-order valence-corrected chi connectivity index (χ3v) is 6.53. The number of fused-ring (bicyclic) bond motifs is 1. The normalized spacial score (nSPS) is 11.1. The molecule has 0 amide bonds. The third-order valence-electron chi connectivity index (χ3n) is 6.53. The SMILES string of the molecule is Cc1c(C(=O)c2cccc(-c3ccccc3)c2)c(-c2cccc3ccccc23)cn1-c1cnc[nH]1. The number of aromatic amines is 1. The van der Waals surface area contributed by atoms with Crippen molar-refractivity contribution in [3.05, 3.63) is 133 Å². The van der Waals surface area contributed by atoms with E-state index in [0.29, 0.717) is 11.1 Å². The zero-order valence-electron chi connectivity index (χ0n) is 19.3. The highest BCUT2D eigenvalue weighted by Gasteiger charge is 2.24. The van der Waals surface area contributed by atoms with Gasteiger partial charge in [0.1, 0.15) is 5.82 Å². The number of nitrogens with one attached hydrogen (secondary N) is 1. The van der Waals surface area contributed by atoms with Crippen molar-refractivity contribution in [3.8, 4) is 28.1 Å². The van der Waals surface area contributed by atoms with Crippen molar-refractivity contribution in [3.63, 3.8) is 0 Å². The van der Waals surface area contributed by atoms with Gasteiger partial charge in [0.25, 0.3) is 0 Å². The van der Waals surface area contributed by atoms with E-state index < -0.39 is 0 Å². The lowest BCUT2D eigenvalue weighted by Crippen LogP contribution is -2.06. The molecular weight excluding hydrogens is 430 g/mol. The number of benzene rings is 4. The van der Waals surface area contributed by atoms with E-state index in [1.54, 1.807) is 12.5 Å². The molecule has 0 spiro atoms. The molecule has 0 saturated carbocycles. The first-order valence-electron chi connectivity index (χ1n) is 11.6.